The van der Waals surface area contributed by atoms with Crippen LogP contribution in [0.25, 0.3) is 0 Å². The third-order valence-electron chi connectivity index (χ3n) is 3.46. The highest BCUT2D eigenvalue weighted by molar-refractivity contribution is 7.98. The van der Waals surface area contributed by atoms with E-state index in [0.717, 1.165) is 29.3 Å². The van der Waals surface area contributed by atoms with Gasteiger partial charge in [-0.15, -0.1) is 5.10 Å². The smallest absolute Gasteiger partial charge is 0.209 e. The number of amidine groups is 1. The molecule has 8 heteroatoms. The summed E-state index contributed by atoms with van der Waals surface area (Å²) in [6.45, 7) is 2.01. The minimum Gasteiger partial charge on any atom is -0.409 e. The molecule has 7 nitrogen and oxygen atoms in total. The summed E-state index contributed by atoms with van der Waals surface area (Å²) < 4.78 is 1.91. The highest BCUT2D eigenvalue weighted by atomic mass is 32.2. The van der Waals surface area contributed by atoms with Gasteiger partial charge in [-0.1, -0.05) is 29.1 Å². The molecule has 3 rings (SSSR count). The molecule has 0 unspecified atom stereocenters. The van der Waals surface area contributed by atoms with Gasteiger partial charge in [0.2, 0.25) is 5.16 Å². The minimum atomic E-state index is 0.120. The monoisotopic (exact) mass is 304 g/mol. The number of nitrogens with zero attached hydrogens (tertiary/aromatic N) is 5. The molecule has 110 valence electrons. The molecule has 1 saturated carbocycles. The fourth-order valence-electron chi connectivity index (χ4n) is 2.05. The lowest BCUT2D eigenvalue weighted by molar-refractivity contribution is 0.318. The van der Waals surface area contributed by atoms with Gasteiger partial charge >= 0.3 is 0 Å². The van der Waals surface area contributed by atoms with Crippen molar-refractivity contribution in [2.75, 3.05) is 0 Å². The SMILES string of the molecule is Cc1cc(/C(N)=N/O)ccc1CSc1nnnn1C1CC1. The van der Waals surface area contributed by atoms with Crippen LogP contribution >= 0.6 is 11.8 Å². The summed E-state index contributed by atoms with van der Waals surface area (Å²) in [5.74, 6) is 0.907. The topological polar surface area (TPSA) is 102 Å². The number of aromatic nitrogens is 4. The Bertz CT molecular complexity index is 679. The van der Waals surface area contributed by atoms with Crippen LogP contribution in [-0.4, -0.2) is 31.3 Å². The van der Waals surface area contributed by atoms with Crippen molar-refractivity contribution in [1.29, 1.82) is 0 Å². The summed E-state index contributed by atoms with van der Waals surface area (Å²) in [5, 5.41) is 24.4. The molecule has 0 atom stereocenters. The highest BCUT2D eigenvalue weighted by Gasteiger charge is 2.27. The quantitative estimate of drug-likeness (QED) is 0.286. The fraction of sp³-hybridized carbons (Fsp3) is 0.385. The fourth-order valence-corrected chi connectivity index (χ4v) is 3.07. The third kappa shape index (κ3) is 2.99. The van der Waals surface area contributed by atoms with Crippen LogP contribution in [0.15, 0.2) is 28.5 Å². The number of benzene rings is 1. The maximum absolute atomic E-state index is 8.70. The van der Waals surface area contributed by atoms with Crippen molar-refractivity contribution < 1.29 is 5.21 Å². The molecule has 0 saturated heterocycles. The molecule has 0 spiro atoms. The van der Waals surface area contributed by atoms with Crippen molar-refractivity contribution in [3.63, 3.8) is 0 Å². The summed E-state index contributed by atoms with van der Waals surface area (Å²) >= 11 is 1.63. The highest BCUT2D eigenvalue weighted by Crippen LogP contribution is 2.37. The standard InChI is InChI=1S/C13H16N6OS/c1-8-6-9(12(14)16-20)2-3-10(8)7-21-13-15-17-18-19(13)11-4-5-11/h2-3,6,11,20H,4-5,7H2,1H3,(H2,14,16). The van der Waals surface area contributed by atoms with E-state index < -0.39 is 0 Å². The third-order valence-corrected chi connectivity index (χ3v) is 4.44. The molecular formula is C13H16N6OS. The second kappa shape index (κ2) is 5.72. The average Bonchev–Trinajstić information content (AvgIpc) is 3.24. The Morgan fingerprint density at radius 1 is 1.52 bits per heavy atom. The number of hydrogen-bond donors (Lipinski definition) is 2. The molecule has 2 aromatic rings. The van der Waals surface area contributed by atoms with E-state index in [1.165, 1.54) is 5.56 Å². The Balaban J connectivity index is 1.71. The number of rotatable bonds is 5. The van der Waals surface area contributed by atoms with E-state index in [2.05, 4.69) is 20.7 Å². The van der Waals surface area contributed by atoms with Gasteiger partial charge in [-0.2, -0.15) is 0 Å². The van der Waals surface area contributed by atoms with Gasteiger partial charge in [0.25, 0.3) is 0 Å². The van der Waals surface area contributed by atoms with E-state index in [1.807, 2.05) is 29.8 Å². The van der Waals surface area contributed by atoms with Crippen molar-refractivity contribution in [2.45, 2.75) is 36.7 Å². The number of hydrogen-bond acceptors (Lipinski definition) is 6. The summed E-state index contributed by atoms with van der Waals surface area (Å²) in [4.78, 5) is 0. The first-order chi connectivity index (χ1) is 10.2. The second-order valence-corrected chi connectivity index (χ2v) is 5.99. The first-order valence-electron chi connectivity index (χ1n) is 6.67. The van der Waals surface area contributed by atoms with Crippen LogP contribution in [0.2, 0.25) is 0 Å². The number of tetrazole rings is 1. The van der Waals surface area contributed by atoms with Gasteiger partial charge in [0, 0.05) is 11.3 Å². The Labute approximate surface area is 126 Å². The van der Waals surface area contributed by atoms with E-state index in [-0.39, 0.29) is 5.84 Å². The van der Waals surface area contributed by atoms with Crippen LogP contribution in [0.5, 0.6) is 0 Å². The van der Waals surface area contributed by atoms with Gasteiger partial charge in [-0.25, -0.2) is 4.68 Å². The molecule has 1 aliphatic rings. The molecule has 0 aliphatic heterocycles. The largest absolute Gasteiger partial charge is 0.409 e. The van der Waals surface area contributed by atoms with Crippen LogP contribution in [-0.2, 0) is 5.75 Å². The lowest BCUT2D eigenvalue weighted by Crippen LogP contribution is -2.13. The van der Waals surface area contributed by atoms with Gasteiger partial charge in [-0.05, 0) is 47.4 Å². The van der Waals surface area contributed by atoms with Crippen molar-refractivity contribution >= 4 is 17.6 Å². The predicted octanol–water partition coefficient (Wildman–Crippen LogP) is 1.70. The molecule has 1 aromatic carbocycles. The summed E-state index contributed by atoms with van der Waals surface area (Å²) in [6, 6.07) is 6.23. The molecule has 3 N–H and O–H groups in total. The number of nitrogens with two attached hydrogens (primary N) is 1. The molecule has 1 aromatic heterocycles. The second-order valence-electron chi connectivity index (χ2n) is 5.05. The van der Waals surface area contributed by atoms with Gasteiger partial charge in [0.05, 0.1) is 6.04 Å². The van der Waals surface area contributed by atoms with Gasteiger partial charge in [-0.3, -0.25) is 0 Å². The predicted molar refractivity (Wildman–Crippen MR) is 79.3 cm³/mol. The van der Waals surface area contributed by atoms with Crippen LogP contribution < -0.4 is 5.73 Å². The maximum Gasteiger partial charge on any atom is 0.209 e. The zero-order valence-corrected chi connectivity index (χ0v) is 12.4. The Morgan fingerprint density at radius 2 is 2.33 bits per heavy atom. The van der Waals surface area contributed by atoms with E-state index in [0.29, 0.717) is 11.6 Å². The van der Waals surface area contributed by atoms with Crippen LogP contribution in [0, 0.1) is 6.92 Å². The lowest BCUT2D eigenvalue weighted by atomic mass is 10.1. The molecule has 1 fully saturated rings. The first-order valence-corrected chi connectivity index (χ1v) is 7.65. The average molecular weight is 304 g/mol. The van der Waals surface area contributed by atoms with Crippen molar-refractivity contribution in [3.05, 3.63) is 34.9 Å². The van der Waals surface area contributed by atoms with Gasteiger partial charge in [0.15, 0.2) is 5.84 Å². The first kappa shape index (κ1) is 13.9. The molecule has 0 radical (unpaired) electrons. The zero-order chi connectivity index (χ0) is 14.8. The normalized spacial score (nSPS) is 15.4. The van der Waals surface area contributed by atoms with Gasteiger partial charge < -0.3 is 10.9 Å². The number of oxime groups is 1. The van der Waals surface area contributed by atoms with Gasteiger partial charge in [0.1, 0.15) is 0 Å². The summed E-state index contributed by atoms with van der Waals surface area (Å²) in [6.07, 6.45) is 2.32. The van der Waals surface area contributed by atoms with E-state index in [4.69, 9.17) is 10.9 Å². The minimum absolute atomic E-state index is 0.120. The Morgan fingerprint density at radius 3 is 3.00 bits per heavy atom. The molecule has 1 heterocycles. The van der Waals surface area contributed by atoms with Crippen molar-refractivity contribution in [3.8, 4) is 0 Å². The van der Waals surface area contributed by atoms with E-state index >= 15 is 0 Å². The van der Waals surface area contributed by atoms with Crippen molar-refractivity contribution in [1.82, 2.24) is 20.2 Å². The molecular weight excluding hydrogens is 288 g/mol. The van der Waals surface area contributed by atoms with Crippen LogP contribution in [0.3, 0.4) is 0 Å². The van der Waals surface area contributed by atoms with E-state index in [9.17, 15) is 0 Å². The van der Waals surface area contributed by atoms with E-state index in [1.54, 1.807) is 11.8 Å². The number of thioether (sulfide) groups is 1. The summed E-state index contributed by atoms with van der Waals surface area (Å²) in [5.41, 5.74) is 8.58. The Kier molecular flexibility index (Phi) is 3.78. The molecule has 0 amide bonds. The maximum atomic E-state index is 8.70. The lowest BCUT2D eigenvalue weighted by Gasteiger charge is -2.08. The molecule has 21 heavy (non-hydrogen) atoms. The molecule has 0 bridgehead atoms. The Hall–Kier alpha value is -2.09. The van der Waals surface area contributed by atoms with Crippen LogP contribution in [0.4, 0.5) is 0 Å². The summed E-state index contributed by atoms with van der Waals surface area (Å²) in [7, 11) is 0. The number of aryl methyl sites for hydroxylation is 1. The molecule has 1 aliphatic carbocycles. The van der Waals surface area contributed by atoms with Crippen LogP contribution in [0.1, 0.15) is 35.6 Å². The van der Waals surface area contributed by atoms with Crippen molar-refractivity contribution in [2.24, 2.45) is 10.9 Å². The zero-order valence-electron chi connectivity index (χ0n) is 11.6.